The van der Waals surface area contributed by atoms with Crippen molar-refractivity contribution >= 4 is 22.1 Å². The van der Waals surface area contributed by atoms with Crippen LogP contribution in [0.5, 0.6) is 0 Å². The molecule has 0 aromatic heterocycles. The van der Waals surface area contributed by atoms with E-state index in [2.05, 4.69) is 21.1 Å². The van der Waals surface area contributed by atoms with E-state index in [9.17, 15) is 0 Å². The van der Waals surface area contributed by atoms with Gasteiger partial charge >= 0.3 is 0 Å². The first kappa shape index (κ1) is 11.2. The highest BCUT2D eigenvalue weighted by Gasteiger charge is 2.09. The summed E-state index contributed by atoms with van der Waals surface area (Å²) in [4.78, 5) is 5.23. The van der Waals surface area contributed by atoms with Crippen LogP contribution in [-0.4, -0.2) is 11.8 Å². The Morgan fingerprint density at radius 3 is 2.64 bits per heavy atom. The smallest absolute Gasteiger partial charge is 0.129 e. The van der Waals surface area contributed by atoms with Crippen LogP contribution in [0.25, 0.3) is 0 Å². The van der Waals surface area contributed by atoms with Gasteiger partial charge in [0, 0.05) is 4.47 Å². The third kappa shape index (κ3) is 4.42. The van der Waals surface area contributed by atoms with Crippen molar-refractivity contribution in [3.05, 3.63) is 34.3 Å². The molecule has 1 aromatic rings. The molecule has 0 aliphatic heterocycles. The molecule has 0 saturated carbocycles. The van der Waals surface area contributed by atoms with E-state index in [0.29, 0.717) is 0 Å². The standard InChI is InChI=1S/C11H14BrNO/c1-11(2,3)14-13-8-9-5-4-6-10(12)7-9/h4-8H,1-3H3. The van der Waals surface area contributed by atoms with Gasteiger partial charge in [-0.25, -0.2) is 0 Å². The Labute approximate surface area is 93.1 Å². The second kappa shape index (κ2) is 4.60. The van der Waals surface area contributed by atoms with Crippen molar-refractivity contribution in [2.45, 2.75) is 26.4 Å². The molecule has 0 atom stereocenters. The Bertz CT molecular complexity index is 328. The lowest BCUT2D eigenvalue weighted by atomic mass is 10.2. The summed E-state index contributed by atoms with van der Waals surface area (Å²) < 4.78 is 1.04. The average Bonchev–Trinajstić information content (AvgIpc) is 2.01. The van der Waals surface area contributed by atoms with Gasteiger partial charge in [0.25, 0.3) is 0 Å². The second-order valence-electron chi connectivity index (χ2n) is 3.99. The first-order valence-electron chi connectivity index (χ1n) is 4.44. The predicted molar refractivity (Wildman–Crippen MR) is 62.6 cm³/mol. The molecule has 0 spiro atoms. The van der Waals surface area contributed by atoms with Crippen LogP contribution in [0.4, 0.5) is 0 Å². The van der Waals surface area contributed by atoms with Crippen molar-refractivity contribution in [2.24, 2.45) is 5.16 Å². The zero-order valence-corrected chi connectivity index (χ0v) is 10.2. The van der Waals surface area contributed by atoms with Gasteiger partial charge in [0.2, 0.25) is 0 Å². The first-order chi connectivity index (χ1) is 6.47. The molecule has 1 rings (SSSR count). The van der Waals surface area contributed by atoms with Gasteiger partial charge in [0.1, 0.15) is 5.60 Å². The van der Waals surface area contributed by atoms with Gasteiger partial charge in [0.05, 0.1) is 6.21 Å². The molecule has 3 heteroatoms. The number of hydrogen-bond acceptors (Lipinski definition) is 2. The molecule has 0 heterocycles. The van der Waals surface area contributed by atoms with E-state index in [1.54, 1.807) is 6.21 Å². The third-order valence-electron chi connectivity index (χ3n) is 1.38. The first-order valence-corrected chi connectivity index (χ1v) is 5.24. The number of benzene rings is 1. The highest BCUT2D eigenvalue weighted by molar-refractivity contribution is 9.10. The summed E-state index contributed by atoms with van der Waals surface area (Å²) in [6.07, 6.45) is 1.70. The summed E-state index contributed by atoms with van der Waals surface area (Å²) >= 11 is 3.39. The third-order valence-corrected chi connectivity index (χ3v) is 1.87. The average molecular weight is 256 g/mol. The molecule has 14 heavy (non-hydrogen) atoms. The van der Waals surface area contributed by atoms with Crippen molar-refractivity contribution in [1.29, 1.82) is 0 Å². The Kier molecular flexibility index (Phi) is 3.69. The molecule has 0 bridgehead atoms. The van der Waals surface area contributed by atoms with E-state index in [-0.39, 0.29) is 5.60 Å². The van der Waals surface area contributed by atoms with E-state index < -0.39 is 0 Å². The van der Waals surface area contributed by atoms with Gasteiger partial charge < -0.3 is 4.84 Å². The van der Waals surface area contributed by atoms with Gasteiger partial charge in [-0.3, -0.25) is 0 Å². The zero-order chi connectivity index (χ0) is 10.6. The van der Waals surface area contributed by atoms with Crippen LogP contribution in [0.1, 0.15) is 26.3 Å². The van der Waals surface area contributed by atoms with Crippen LogP contribution < -0.4 is 0 Å². The summed E-state index contributed by atoms with van der Waals surface area (Å²) in [5.74, 6) is 0. The molecule has 1 aromatic carbocycles. The van der Waals surface area contributed by atoms with E-state index in [1.165, 1.54) is 0 Å². The summed E-state index contributed by atoms with van der Waals surface area (Å²) in [5, 5.41) is 3.91. The van der Waals surface area contributed by atoms with Crippen LogP contribution in [-0.2, 0) is 4.84 Å². The molecule has 2 nitrogen and oxygen atoms in total. The minimum absolute atomic E-state index is 0.234. The maximum atomic E-state index is 5.23. The lowest BCUT2D eigenvalue weighted by Crippen LogP contribution is -2.15. The Morgan fingerprint density at radius 2 is 2.07 bits per heavy atom. The quantitative estimate of drug-likeness (QED) is 0.585. The lowest BCUT2D eigenvalue weighted by Gasteiger charge is -2.14. The fourth-order valence-corrected chi connectivity index (χ4v) is 1.25. The fraction of sp³-hybridized carbons (Fsp3) is 0.364. The molecular weight excluding hydrogens is 242 g/mol. The molecular formula is C11H14BrNO. The monoisotopic (exact) mass is 255 g/mol. The van der Waals surface area contributed by atoms with Crippen LogP contribution in [0.2, 0.25) is 0 Å². The number of oxime groups is 1. The summed E-state index contributed by atoms with van der Waals surface area (Å²) in [6, 6.07) is 7.89. The zero-order valence-electron chi connectivity index (χ0n) is 8.62. The highest BCUT2D eigenvalue weighted by atomic mass is 79.9. The van der Waals surface area contributed by atoms with Crippen LogP contribution in [0.15, 0.2) is 33.9 Å². The van der Waals surface area contributed by atoms with Gasteiger partial charge in [-0.15, -0.1) is 0 Å². The molecule has 0 radical (unpaired) electrons. The summed E-state index contributed by atoms with van der Waals surface area (Å²) in [6.45, 7) is 5.89. The second-order valence-corrected chi connectivity index (χ2v) is 4.91. The normalized spacial score (nSPS) is 12.0. The number of nitrogens with zero attached hydrogens (tertiary/aromatic N) is 1. The van der Waals surface area contributed by atoms with Crippen molar-refractivity contribution < 1.29 is 4.84 Å². The van der Waals surface area contributed by atoms with Crippen molar-refractivity contribution in [3.63, 3.8) is 0 Å². The van der Waals surface area contributed by atoms with E-state index in [0.717, 1.165) is 10.0 Å². The number of halogens is 1. The van der Waals surface area contributed by atoms with Crippen LogP contribution in [0, 0.1) is 0 Å². The minimum Gasteiger partial charge on any atom is -0.390 e. The molecule has 76 valence electrons. The topological polar surface area (TPSA) is 21.6 Å². The summed E-state index contributed by atoms with van der Waals surface area (Å²) in [5.41, 5.74) is 0.784. The van der Waals surface area contributed by atoms with E-state index in [4.69, 9.17) is 4.84 Å². The fourth-order valence-electron chi connectivity index (χ4n) is 0.832. The van der Waals surface area contributed by atoms with Gasteiger partial charge in [-0.05, 0) is 38.5 Å². The highest BCUT2D eigenvalue weighted by Crippen LogP contribution is 2.11. The van der Waals surface area contributed by atoms with Crippen molar-refractivity contribution in [3.8, 4) is 0 Å². The number of hydrogen-bond donors (Lipinski definition) is 0. The number of rotatable bonds is 2. The molecule has 0 unspecified atom stereocenters. The predicted octanol–water partition coefficient (Wildman–Crippen LogP) is 3.60. The van der Waals surface area contributed by atoms with Crippen molar-refractivity contribution in [2.75, 3.05) is 0 Å². The minimum atomic E-state index is -0.234. The Morgan fingerprint density at radius 1 is 1.36 bits per heavy atom. The summed E-state index contributed by atoms with van der Waals surface area (Å²) in [7, 11) is 0. The molecule has 0 saturated heterocycles. The van der Waals surface area contributed by atoms with Gasteiger partial charge in [-0.2, -0.15) is 0 Å². The van der Waals surface area contributed by atoms with Gasteiger partial charge in [0.15, 0.2) is 0 Å². The largest absolute Gasteiger partial charge is 0.390 e. The molecule has 0 amide bonds. The maximum absolute atomic E-state index is 5.23. The van der Waals surface area contributed by atoms with Gasteiger partial charge in [-0.1, -0.05) is 33.2 Å². The van der Waals surface area contributed by atoms with E-state index >= 15 is 0 Å². The molecule has 0 fully saturated rings. The Balaban J connectivity index is 2.61. The van der Waals surface area contributed by atoms with Crippen LogP contribution >= 0.6 is 15.9 Å². The SMILES string of the molecule is CC(C)(C)ON=Cc1cccc(Br)c1. The van der Waals surface area contributed by atoms with Crippen LogP contribution in [0.3, 0.4) is 0 Å². The van der Waals surface area contributed by atoms with E-state index in [1.807, 2.05) is 45.0 Å². The maximum Gasteiger partial charge on any atom is 0.129 e. The Hall–Kier alpha value is -0.830. The molecule has 0 aliphatic rings. The molecule has 0 N–H and O–H groups in total. The van der Waals surface area contributed by atoms with Crippen molar-refractivity contribution in [1.82, 2.24) is 0 Å². The molecule has 0 aliphatic carbocycles. The lowest BCUT2D eigenvalue weighted by molar-refractivity contribution is 0.00199.